The van der Waals surface area contributed by atoms with Crippen molar-refractivity contribution in [2.24, 2.45) is 17.8 Å². The first-order valence-electron chi connectivity index (χ1n) is 14.1. The molecule has 2 fully saturated rings. The molecule has 0 aromatic heterocycles. The largest absolute Gasteiger partial charge is 0.207 e. The first kappa shape index (κ1) is 25.4. The van der Waals surface area contributed by atoms with E-state index in [4.69, 9.17) is 0 Å². The predicted octanol–water partition coefficient (Wildman–Crippen LogP) is 9.97. The van der Waals surface area contributed by atoms with Gasteiger partial charge in [0.2, 0.25) is 0 Å². The molecule has 0 N–H and O–H groups in total. The van der Waals surface area contributed by atoms with E-state index in [0.29, 0.717) is 18.3 Å². The highest BCUT2D eigenvalue weighted by Gasteiger charge is 2.27. The van der Waals surface area contributed by atoms with Gasteiger partial charge in [-0.1, -0.05) is 89.1 Å². The van der Waals surface area contributed by atoms with Crippen LogP contribution in [0.4, 0.5) is 8.78 Å². The van der Waals surface area contributed by atoms with E-state index in [1.807, 2.05) is 6.92 Å². The number of rotatable bonds is 9. The monoisotopic (exact) mass is 466 g/mol. The minimum absolute atomic E-state index is 0.268. The molecule has 0 spiro atoms. The van der Waals surface area contributed by atoms with Crippen LogP contribution in [-0.4, -0.2) is 0 Å². The van der Waals surface area contributed by atoms with E-state index < -0.39 is 0 Å². The van der Waals surface area contributed by atoms with Crippen LogP contribution in [0, 0.1) is 29.4 Å². The molecule has 4 rings (SSSR count). The van der Waals surface area contributed by atoms with E-state index in [0.717, 1.165) is 42.6 Å². The summed E-state index contributed by atoms with van der Waals surface area (Å²) in [6.45, 7) is 4.35. The van der Waals surface area contributed by atoms with E-state index in [-0.39, 0.29) is 17.2 Å². The molecule has 34 heavy (non-hydrogen) atoms. The van der Waals surface area contributed by atoms with Gasteiger partial charge in [-0.15, -0.1) is 0 Å². The van der Waals surface area contributed by atoms with E-state index in [9.17, 15) is 8.78 Å². The van der Waals surface area contributed by atoms with E-state index in [1.165, 1.54) is 63.4 Å². The summed E-state index contributed by atoms with van der Waals surface area (Å²) >= 11 is 0. The van der Waals surface area contributed by atoms with Gasteiger partial charge in [0.25, 0.3) is 0 Å². The number of hydrogen-bond acceptors (Lipinski definition) is 0. The summed E-state index contributed by atoms with van der Waals surface area (Å²) in [6.07, 6.45) is 15.5. The molecule has 0 saturated heterocycles. The van der Waals surface area contributed by atoms with E-state index in [1.54, 1.807) is 12.1 Å². The second kappa shape index (κ2) is 12.3. The van der Waals surface area contributed by atoms with Crippen molar-refractivity contribution in [3.8, 4) is 0 Å². The van der Waals surface area contributed by atoms with E-state index >= 15 is 0 Å². The van der Waals surface area contributed by atoms with Gasteiger partial charge < -0.3 is 0 Å². The van der Waals surface area contributed by atoms with Crippen molar-refractivity contribution < 1.29 is 8.78 Å². The van der Waals surface area contributed by atoms with Gasteiger partial charge in [0.15, 0.2) is 0 Å². The Morgan fingerprint density at radius 1 is 0.765 bits per heavy atom. The Hall–Kier alpha value is -1.70. The first-order chi connectivity index (χ1) is 16.5. The van der Waals surface area contributed by atoms with Gasteiger partial charge in [0.1, 0.15) is 11.6 Å². The highest BCUT2D eigenvalue weighted by Crippen LogP contribution is 2.41. The molecule has 0 unspecified atom stereocenters. The Labute approximate surface area is 206 Å². The summed E-state index contributed by atoms with van der Waals surface area (Å²) in [4.78, 5) is 0. The SMILES string of the molecule is CCCc1c(F)cc(C2CCC(CCC3CCC(C[C@H](C)c4ccccc4)CC3)CC2)cc1F. The summed E-state index contributed by atoms with van der Waals surface area (Å²) in [6, 6.07) is 14.2. The molecule has 0 bridgehead atoms. The van der Waals surface area contributed by atoms with Gasteiger partial charge in [-0.05, 0) is 91.4 Å². The van der Waals surface area contributed by atoms with Gasteiger partial charge in [0.05, 0.1) is 0 Å². The summed E-state index contributed by atoms with van der Waals surface area (Å²) in [5, 5.41) is 0. The molecule has 2 aromatic rings. The quantitative estimate of drug-likeness (QED) is 0.345. The summed E-state index contributed by atoms with van der Waals surface area (Å²) < 4.78 is 28.8. The lowest BCUT2D eigenvalue weighted by molar-refractivity contribution is 0.220. The van der Waals surface area contributed by atoms with E-state index in [2.05, 4.69) is 37.3 Å². The van der Waals surface area contributed by atoms with Crippen molar-refractivity contribution >= 4 is 0 Å². The van der Waals surface area contributed by atoms with Crippen LogP contribution in [0.1, 0.15) is 119 Å². The average molecular weight is 467 g/mol. The Bertz CT molecular complexity index is 850. The van der Waals surface area contributed by atoms with Crippen molar-refractivity contribution in [3.63, 3.8) is 0 Å². The molecular formula is C32H44F2. The van der Waals surface area contributed by atoms with Crippen LogP contribution < -0.4 is 0 Å². The van der Waals surface area contributed by atoms with Crippen LogP contribution in [0.3, 0.4) is 0 Å². The highest BCUT2D eigenvalue weighted by molar-refractivity contribution is 5.29. The van der Waals surface area contributed by atoms with Crippen LogP contribution in [0.2, 0.25) is 0 Å². The van der Waals surface area contributed by atoms with Gasteiger partial charge in [-0.3, -0.25) is 0 Å². The third-order valence-electron chi connectivity index (χ3n) is 8.99. The van der Waals surface area contributed by atoms with Crippen molar-refractivity contribution in [1.82, 2.24) is 0 Å². The van der Waals surface area contributed by atoms with Gasteiger partial charge >= 0.3 is 0 Å². The first-order valence-corrected chi connectivity index (χ1v) is 14.1. The van der Waals surface area contributed by atoms with Crippen LogP contribution in [0.15, 0.2) is 42.5 Å². The fourth-order valence-electron chi connectivity index (χ4n) is 6.78. The second-order valence-corrected chi connectivity index (χ2v) is 11.4. The van der Waals surface area contributed by atoms with Gasteiger partial charge in [0, 0.05) is 5.56 Å². The zero-order valence-corrected chi connectivity index (χ0v) is 21.4. The molecule has 186 valence electrons. The molecule has 0 amide bonds. The van der Waals surface area contributed by atoms with Crippen molar-refractivity contribution in [3.05, 3.63) is 70.8 Å². The fourth-order valence-corrected chi connectivity index (χ4v) is 6.78. The maximum absolute atomic E-state index is 14.4. The average Bonchev–Trinajstić information content (AvgIpc) is 2.86. The van der Waals surface area contributed by atoms with Crippen LogP contribution >= 0.6 is 0 Å². The smallest absolute Gasteiger partial charge is 0.129 e. The van der Waals surface area contributed by atoms with Crippen LogP contribution in [0.25, 0.3) is 0 Å². The highest BCUT2D eigenvalue weighted by atomic mass is 19.1. The topological polar surface area (TPSA) is 0 Å². The summed E-state index contributed by atoms with van der Waals surface area (Å²) in [5.74, 6) is 2.93. The lowest BCUT2D eigenvalue weighted by Crippen LogP contribution is -2.18. The number of benzene rings is 2. The van der Waals surface area contributed by atoms with Crippen molar-refractivity contribution in [2.75, 3.05) is 0 Å². The predicted molar refractivity (Wildman–Crippen MR) is 139 cm³/mol. The molecule has 2 saturated carbocycles. The van der Waals surface area contributed by atoms with Crippen LogP contribution in [0.5, 0.6) is 0 Å². The molecule has 2 aliphatic carbocycles. The molecule has 0 radical (unpaired) electrons. The zero-order chi connectivity index (χ0) is 23.9. The minimum Gasteiger partial charge on any atom is -0.207 e. The Balaban J connectivity index is 1.16. The number of hydrogen-bond donors (Lipinski definition) is 0. The third kappa shape index (κ3) is 6.70. The molecular weight excluding hydrogens is 422 g/mol. The van der Waals surface area contributed by atoms with Gasteiger partial charge in [-0.25, -0.2) is 8.78 Å². The summed E-state index contributed by atoms with van der Waals surface area (Å²) in [5.41, 5.74) is 2.64. The van der Waals surface area contributed by atoms with Crippen molar-refractivity contribution in [1.29, 1.82) is 0 Å². The maximum atomic E-state index is 14.4. The standard InChI is InChI=1S/C32H44F2/c1-3-7-30-31(33)21-29(22-32(30)34)28-18-16-25(17-19-28)11-10-24-12-14-26(15-13-24)20-23(2)27-8-5-4-6-9-27/h4-6,8-9,21-26,28H,3,7,10-20H2,1-2H3/t23-,24?,25?,26?,28?/m0/s1. The van der Waals surface area contributed by atoms with Crippen molar-refractivity contribution in [2.45, 2.75) is 109 Å². The Morgan fingerprint density at radius 2 is 1.29 bits per heavy atom. The molecule has 0 nitrogen and oxygen atoms in total. The molecule has 0 heterocycles. The second-order valence-electron chi connectivity index (χ2n) is 11.4. The summed E-state index contributed by atoms with van der Waals surface area (Å²) in [7, 11) is 0. The van der Waals surface area contributed by atoms with Crippen LogP contribution in [-0.2, 0) is 6.42 Å². The normalized spacial score (nSPS) is 26.4. The fraction of sp³-hybridized carbons (Fsp3) is 0.625. The lowest BCUT2D eigenvalue weighted by Gasteiger charge is -2.33. The molecule has 2 heteroatoms. The maximum Gasteiger partial charge on any atom is 0.129 e. The molecule has 1 atom stereocenters. The molecule has 0 aliphatic heterocycles. The molecule has 2 aromatic carbocycles. The Morgan fingerprint density at radius 3 is 1.85 bits per heavy atom. The molecule has 2 aliphatic rings. The minimum atomic E-state index is -0.340. The number of halogens is 2. The third-order valence-corrected chi connectivity index (χ3v) is 8.99. The lowest BCUT2D eigenvalue weighted by atomic mass is 9.73. The zero-order valence-electron chi connectivity index (χ0n) is 21.4. The van der Waals surface area contributed by atoms with Gasteiger partial charge in [-0.2, -0.15) is 0 Å². The Kier molecular flexibility index (Phi) is 9.20.